The number of rotatable bonds is 8. The summed E-state index contributed by atoms with van der Waals surface area (Å²) in [4.78, 5) is 22.7. The smallest absolute Gasteiger partial charge is 0.306 e. The van der Waals surface area contributed by atoms with Crippen LogP contribution in [0.1, 0.15) is 53.9 Å². The van der Waals surface area contributed by atoms with Crippen LogP contribution >= 0.6 is 0 Å². The highest BCUT2D eigenvalue weighted by molar-refractivity contribution is 5.77. The van der Waals surface area contributed by atoms with Gasteiger partial charge in [0.15, 0.2) is 0 Å². The Labute approximate surface area is 110 Å². The van der Waals surface area contributed by atoms with Crippen molar-refractivity contribution < 1.29 is 19.1 Å². The highest BCUT2D eigenvalue weighted by Crippen LogP contribution is 2.08. The number of ether oxygens (including phenoxy) is 2. The first kappa shape index (κ1) is 16.9. The molecule has 0 amide bonds. The van der Waals surface area contributed by atoms with Crippen molar-refractivity contribution in [3.05, 3.63) is 0 Å². The molecule has 1 unspecified atom stereocenters. The fourth-order valence-electron chi connectivity index (χ4n) is 1.09. The van der Waals surface area contributed by atoms with Crippen LogP contribution in [0.2, 0.25) is 0 Å². The molecule has 0 heterocycles. The Morgan fingerprint density at radius 1 is 0.944 bits per heavy atom. The lowest BCUT2D eigenvalue weighted by Crippen LogP contribution is -2.21. The quantitative estimate of drug-likeness (QED) is 0.628. The Balaban J connectivity index is 3.69. The van der Waals surface area contributed by atoms with E-state index in [-0.39, 0.29) is 36.8 Å². The summed E-state index contributed by atoms with van der Waals surface area (Å²) in [6, 6.07) is 0. The SMILES string of the molecule is CC(C)CCOC(=O)CCC(=O)OC(C)C(C)C. The summed E-state index contributed by atoms with van der Waals surface area (Å²) in [6.45, 7) is 10.4. The lowest BCUT2D eigenvalue weighted by Gasteiger charge is -2.16. The Morgan fingerprint density at radius 2 is 1.50 bits per heavy atom. The molecule has 106 valence electrons. The van der Waals surface area contributed by atoms with E-state index in [1.54, 1.807) is 0 Å². The zero-order valence-corrected chi connectivity index (χ0v) is 12.2. The highest BCUT2D eigenvalue weighted by atomic mass is 16.5. The van der Waals surface area contributed by atoms with Crippen molar-refractivity contribution in [2.75, 3.05) is 6.61 Å². The summed E-state index contributed by atoms with van der Waals surface area (Å²) >= 11 is 0. The predicted molar refractivity (Wildman–Crippen MR) is 70.0 cm³/mol. The van der Waals surface area contributed by atoms with E-state index >= 15 is 0 Å². The second-order valence-corrected chi connectivity index (χ2v) is 5.34. The molecule has 0 saturated carbocycles. The Bertz CT molecular complexity index is 259. The van der Waals surface area contributed by atoms with Crippen molar-refractivity contribution in [2.24, 2.45) is 11.8 Å². The molecule has 0 rings (SSSR count). The number of carbonyl (C=O) groups is 2. The molecule has 18 heavy (non-hydrogen) atoms. The van der Waals surface area contributed by atoms with Gasteiger partial charge in [0.05, 0.1) is 19.4 Å². The predicted octanol–water partition coefficient (Wildman–Crippen LogP) is 2.94. The molecule has 0 aromatic carbocycles. The van der Waals surface area contributed by atoms with Gasteiger partial charge >= 0.3 is 11.9 Å². The number of hydrogen-bond acceptors (Lipinski definition) is 4. The molecule has 4 heteroatoms. The van der Waals surface area contributed by atoms with E-state index in [4.69, 9.17) is 9.47 Å². The minimum absolute atomic E-state index is 0.0948. The lowest BCUT2D eigenvalue weighted by atomic mass is 10.1. The first-order chi connectivity index (χ1) is 8.32. The molecular weight excluding hydrogens is 232 g/mol. The summed E-state index contributed by atoms with van der Waals surface area (Å²) in [5, 5.41) is 0. The molecule has 0 bridgehead atoms. The average molecular weight is 258 g/mol. The minimum Gasteiger partial charge on any atom is -0.466 e. The fraction of sp³-hybridized carbons (Fsp3) is 0.857. The maximum absolute atomic E-state index is 11.4. The summed E-state index contributed by atoms with van der Waals surface area (Å²) in [5.74, 6) is 0.128. The minimum atomic E-state index is -0.336. The van der Waals surface area contributed by atoms with Gasteiger partial charge in [-0.05, 0) is 25.2 Å². The summed E-state index contributed by atoms with van der Waals surface area (Å²) in [7, 11) is 0. The van der Waals surface area contributed by atoms with Gasteiger partial charge in [-0.1, -0.05) is 27.7 Å². The van der Waals surface area contributed by atoms with E-state index in [0.717, 1.165) is 6.42 Å². The van der Waals surface area contributed by atoms with Gasteiger partial charge in [0.2, 0.25) is 0 Å². The Morgan fingerprint density at radius 3 is 2.00 bits per heavy atom. The van der Waals surface area contributed by atoms with Crippen molar-refractivity contribution >= 4 is 11.9 Å². The first-order valence-corrected chi connectivity index (χ1v) is 6.68. The maximum Gasteiger partial charge on any atom is 0.306 e. The van der Waals surface area contributed by atoms with E-state index in [0.29, 0.717) is 12.5 Å². The van der Waals surface area contributed by atoms with E-state index in [1.807, 2.05) is 20.8 Å². The summed E-state index contributed by atoms with van der Waals surface area (Å²) in [6.07, 6.45) is 0.925. The van der Waals surface area contributed by atoms with Crippen molar-refractivity contribution in [1.29, 1.82) is 0 Å². The summed E-state index contributed by atoms with van der Waals surface area (Å²) in [5.41, 5.74) is 0. The van der Waals surface area contributed by atoms with E-state index < -0.39 is 0 Å². The molecule has 0 aliphatic heterocycles. The largest absolute Gasteiger partial charge is 0.466 e. The van der Waals surface area contributed by atoms with Gasteiger partial charge in [-0.25, -0.2) is 0 Å². The third kappa shape index (κ3) is 9.02. The second kappa shape index (κ2) is 8.95. The molecule has 0 N–H and O–H groups in total. The average Bonchev–Trinajstić information content (AvgIpc) is 2.25. The van der Waals surface area contributed by atoms with Crippen LogP contribution in [0.5, 0.6) is 0 Å². The van der Waals surface area contributed by atoms with Gasteiger partial charge in [-0.2, -0.15) is 0 Å². The van der Waals surface area contributed by atoms with E-state index in [9.17, 15) is 9.59 Å². The highest BCUT2D eigenvalue weighted by Gasteiger charge is 2.14. The van der Waals surface area contributed by atoms with Crippen LogP contribution in [-0.4, -0.2) is 24.6 Å². The standard InChI is InChI=1S/C14H26O4/c1-10(2)8-9-17-13(15)6-7-14(16)18-12(5)11(3)4/h10-12H,6-9H2,1-5H3. The molecule has 4 nitrogen and oxygen atoms in total. The molecule has 0 aliphatic carbocycles. The molecule has 0 radical (unpaired) electrons. The van der Waals surface area contributed by atoms with Gasteiger partial charge in [0.25, 0.3) is 0 Å². The zero-order chi connectivity index (χ0) is 14.1. The van der Waals surface area contributed by atoms with Gasteiger partial charge in [-0.15, -0.1) is 0 Å². The van der Waals surface area contributed by atoms with Crippen LogP contribution in [-0.2, 0) is 19.1 Å². The van der Waals surface area contributed by atoms with Crippen LogP contribution in [0.3, 0.4) is 0 Å². The van der Waals surface area contributed by atoms with Gasteiger partial charge in [-0.3, -0.25) is 9.59 Å². The summed E-state index contributed by atoms with van der Waals surface area (Å²) < 4.78 is 10.2. The molecule has 0 aliphatic rings. The van der Waals surface area contributed by atoms with Crippen LogP contribution in [0.25, 0.3) is 0 Å². The third-order valence-corrected chi connectivity index (χ3v) is 2.75. The topological polar surface area (TPSA) is 52.6 Å². The van der Waals surface area contributed by atoms with Crippen molar-refractivity contribution in [3.8, 4) is 0 Å². The van der Waals surface area contributed by atoms with Gasteiger partial charge in [0.1, 0.15) is 6.10 Å². The normalized spacial score (nSPS) is 12.6. The van der Waals surface area contributed by atoms with Crippen LogP contribution < -0.4 is 0 Å². The fourth-order valence-corrected chi connectivity index (χ4v) is 1.09. The molecule has 1 atom stereocenters. The van der Waals surface area contributed by atoms with Crippen LogP contribution in [0.4, 0.5) is 0 Å². The molecule has 0 spiro atoms. The van der Waals surface area contributed by atoms with E-state index in [1.165, 1.54) is 0 Å². The Hall–Kier alpha value is -1.06. The van der Waals surface area contributed by atoms with Crippen molar-refractivity contribution in [3.63, 3.8) is 0 Å². The van der Waals surface area contributed by atoms with E-state index in [2.05, 4.69) is 13.8 Å². The third-order valence-electron chi connectivity index (χ3n) is 2.75. The molecule has 0 saturated heterocycles. The maximum atomic E-state index is 11.4. The van der Waals surface area contributed by atoms with Crippen molar-refractivity contribution in [1.82, 2.24) is 0 Å². The molecule has 0 fully saturated rings. The van der Waals surface area contributed by atoms with Gasteiger partial charge < -0.3 is 9.47 Å². The number of hydrogen-bond donors (Lipinski definition) is 0. The number of carbonyl (C=O) groups excluding carboxylic acids is 2. The Kier molecular flexibility index (Phi) is 8.42. The monoisotopic (exact) mass is 258 g/mol. The first-order valence-electron chi connectivity index (χ1n) is 6.68. The lowest BCUT2D eigenvalue weighted by molar-refractivity contribution is -0.154. The van der Waals surface area contributed by atoms with Crippen LogP contribution in [0.15, 0.2) is 0 Å². The van der Waals surface area contributed by atoms with Crippen LogP contribution in [0, 0.1) is 11.8 Å². The second-order valence-electron chi connectivity index (χ2n) is 5.34. The molecule has 0 aromatic rings. The number of esters is 2. The molecular formula is C14H26O4. The van der Waals surface area contributed by atoms with Gasteiger partial charge in [0, 0.05) is 0 Å². The zero-order valence-electron chi connectivity index (χ0n) is 12.2. The van der Waals surface area contributed by atoms with Crippen molar-refractivity contribution in [2.45, 2.75) is 60.0 Å². The molecule has 0 aromatic heterocycles.